The Morgan fingerprint density at radius 3 is 2.42 bits per heavy atom. The molecule has 1 heterocycles. The van der Waals surface area contributed by atoms with Crippen LogP contribution in [-0.2, 0) is 33.4 Å². The number of hydrogen-bond donors (Lipinski definition) is 2. The minimum Gasteiger partial charge on any atom is -0.504 e. The topological polar surface area (TPSA) is 128 Å². The van der Waals surface area contributed by atoms with E-state index in [0.29, 0.717) is 12.0 Å². The Labute approximate surface area is 255 Å². The summed E-state index contributed by atoms with van der Waals surface area (Å²) in [6.07, 6.45) is 14.8. The first-order valence-electron chi connectivity index (χ1n) is 14.7. The SMILES string of the molecule is C#C.C/C=C\C(=C/CC)N/C=C1/C(=O)O[C@H](COC)C2(C)C1=C(O)C(=O)C1=C2C(OC(C)=O)CC2(C)C(=O)CCC12.CC. The molecule has 9 heteroatoms. The minimum absolute atomic E-state index is 0.00376. The highest BCUT2D eigenvalue weighted by atomic mass is 16.6. The molecule has 5 atom stereocenters. The summed E-state index contributed by atoms with van der Waals surface area (Å²) in [5.74, 6) is -2.98. The molecule has 0 aromatic carbocycles. The van der Waals surface area contributed by atoms with Gasteiger partial charge in [0.15, 0.2) is 5.76 Å². The van der Waals surface area contributed by atoms with Crippen LogP contribution in [0.3, 0.4) is 0 Å². The zero-order valence-corrected chi connectivity index (χ0v) is 26.5. The van der Waals surface area contributed by atoms with Crippen LogP contribution in [0.5, 0.6) is 0 Å². The van der Waals surface area contributed by atoms with E-state index >= 15 is 0 Å². The van der Waals surface area contributed by atoms with Crippen molar-refractivity contribution in [2.24, 2.45) is 16.7 Å². The molecule has 0 bridgehead atoms. The van der Waals surface area contributed by atoms with Crippen LogP contribution in [0.1, 0.15) is 74.1 Å². The van der Waals surface area contributed by atoms with Crippen molar-refractivity contribution in [3.8, 4) is 12.8 Å². The predicted molar refractivity (Wildman–Crippen MR) is 163 cm³/mol. The summed E-state index contributed by atoms with van der Waals surface area (Å²) in [4.78, 5) is 52.6. The van der Waals surface area contributed by atoms with Crippen LogP contribution in [0.2, 0.25) is 0 Å². The van der Waals surface area contributed by atoms with Gasteiger partial charge in [0.1, 0.15) is 18.0 Å². The number of carbonyl (C=O) groups excluding carboxylic acids is 4. The molecular formula is C34H45NO8. The van der Waals surface area contributed by atoms with Gasteiger partial charge in [-0.15, -0.1) is 12.8 Å². The van der Waals surface area contributed by atoms with Gasteiger partial charge in [-0.2, -0.15) is 0 Å². The maximum absolute atomic E-state index is 14.0. The lowest BCUT2D eigenvalue weighted by Crippen LogP contribution is -2.57. The number of fused-ring (bicyclic) bond motifs is 4. The summed E-state index contributed by atoms with van der Waals surface area (Å²) in [6.45, 7) is 12.7. The molecule has 0 aromatic rings. The Bertz CT molecular complexity index is 1310. The van der Waals surface area contributed by atoms with E-state index in [-0.39, 0.29) is 42.0 Å². The number of esters is 2. The third kappa shape index (κ3) is 6.12. The zero-order chi connectivity index (χ0) is 32.7. The van der Waals surface area contributed by atoms with Crippen LogP contribution in [0, 0.1) is 29.6 Å². The number of allylic oxidation sites excluding steroid dienone is 4. The van der Waals surface area contributed by atoms with Gasteiger partial charge in [-0.1, -0.05) is 39.8 Å². The molecule has 2 N–H and O–H groups in total. The number of nitrogens with one attached hydrogen (secondary N) is 1. The van der Waals surface area contributed by atoms with Crippen molar-refractivity contribution in [3.63, 3.8) is 0 Å². The monoisotopic (exact) mass is 595 g/mol. The van der Waals surface area contributed by atoms with Gasteiger partial charge >= 0.3 is 11.9 Å². The minimum atomic E-state index is -1.27. The molecular weight excluding hydrogens is 550 g/mol. The number of aliphatic hydroxyl groups is 1. The molecule has 4 rings (SSSR count). The molecule has 0 spiro atoms. The Morgan fingerprint density at radius 2 is 1.86 bits per heavy atom. The van der Waals surface area contributed by atoms with Gasteiger partial charge in [0.2, 0.25) is 5.78 Å². The van der Waals surface area contributed by atoms with Crippen molar-refractivity contribution in [1.82, 2.24) is 5.32 Å². The lowest BCUT2D eigenvalue weighted by Gasteiger charge is -2.53. The van der Waals surface area contributed by atoms with Crippen LogP contribution in [0.4, 0.5) is 0 Å². The quantitative estimate of drug-likeness (QED) is 0.177. The van der Waals surface area contributed by atoms with E-state index in [2.05, 4.69) is 18.2 Å². The fourth-order valence-corrected chi connectivity index (χ4v) is 6.83. The van der Waals surface area contributed by atoms with Crippen LogP contribution >= 0.6 is 0 Å². The normalized spacial score (nSPS) is 30.8. The number of ether oxygens (including phenoxy) is 3. The molecule has 43 heavy (non-hydrogen) atoms. The van der Waals surface area contributed by atoms with Crippen molar-refractivity contribution in [2.75, 3.05) is 13.7 Å². The Morgan fingerprint density at radius 1 is 1.21 bits per heavy atom. The molecule has 4 unspecified atom stereocenters. The summed E-state index contributed by atoms with van der Waals surface area (Å²) >= 11 is 0. The maximum Gasteiger partial charge on any atom is 0.340 e. The molecule has 1 saturated carbocycles. The standard InChI is InChI=1S/C30H37NO8.C2H6.C2H2/c1-7-9-17(10-8-2)31-14-18-24-27(35)26(34)23-19-11-12-21(33)29(19,4)13-20(38-16(3)32)25(23)30(24,5)22(15-37-6)39-28(18)36;2*1-2/h7,9-10,14,19-20,22,31,35H,8,11-13,15H2,1-6H3;1-2H3;1-2H/b9-7-,17-10+,18-14+;;/t19?,20?,22-,29?,30?;;/m1../s1. The van der Waals surface area contributed by atoms with Gasteiger partial charge < -0.3 is 24.6 Å². The van der Waals surface area contributed by atoms with Crippen LogP contribution in [0.15, 0.2) is 58.2 Å². The molecule has 1 saturated heterocycles. The van der Waals surface area contributed by atoms with Gasteiger partial charge in [0.05, 0.1) is 17.6 Å². The van der Waals surface area contributed by atoms with Crippen LogP contribution < -0.4 is 5.32 Å². The summed E-state index contributed by atoms with van der Waals surface area (Å²) < 4.78 is 17.1. The maximum atomic E-state index is 14.0. The number of rotatable bonds is 7. The van der Waals surface area contributed by atoms with E-state index in [1.165, 1.54) is 20.2 Å². The fourth-order valence-electron chi connectivity index (χ4n) is 6.83. The first-order chi connectivity index (χ1) is 20.4. The highest BCUT2D eigenvalue weighted by Crippen LogP contribution is 2.62. The third-order valence-corrected chi connectivity index (χ3v) is 8.57. The number of Topliss-reactive ketones (excluding diaryl/α,β-unsaturated/α-hetero) is 2. The van der Waals surface area contributed by atoms with E-state index in [9.17, 15) is 24.3 Å². The largest absolute Gasteiger partial charge is 0.504 e. The summed E-state index contributed by atoms with van der Waals surface area (Å²) in [5, 5.41) is 14.6. The van der Waals surface area contributed by atoms with Crippen molar-refractivity contribution in [1.29, 1.82) is 0 Å². The molecule has 4 aliphatic rings. The van der Waals surface area contributed by atoms with Gasteiger partial charge in [-0.25, -0.2) is 4.79 Å². The summed E-state index contributed by atoms with van der Waals surface area (Å²) in [6, 6.07) is 0. The van der Waals surface area contributed by atoms with Crippen molar-refractivity contribution in [2.45, 2.75) is 86.4 Å². The number of hydrogen-bond acceptors (Lipinski definition) is 9. The van der Waals surface area contributed by atoms with E-state index in [1.807, 2.05) is 45.9 Å². The molecule has 1 aliphatic heterocycles. The second kappa shape index (κ2) is 14.5. The highest BCUT2D eigenvalue weighted by molar-refractivity contribution is 6.14. The van der Waals surface area contributed by atoms with E-state index in [1.54, 1.807) is 13.8 Å². The molecule has 234 valence electrons. The summed E-state index contributed by atoms with van der Waals surface area (Å²) in [5.41, 5.74) is -0.643. The fraction of sp³-hybridized carbons (Fsp3) is 0.529. The van der Waals surface area contributed by atoms with E-state index in [0.717, 1.165) is 12.1 Å². The Hall–Kier alpha value is -3.90. The lowest BCUT2D eigenvalue weighted by atomic mass is 9.53. The molecule has 0 radical (unpaired) electrons. The van der Waals surface area contributed by atoms with Crippen LogP contribution in [0.25, 0.3) is 0 Å². The number of terminal acetylenes is 1. The number of cyclic esters (lactones) is 1. The number of carbonyl (C=O) groups is 4. The van der Waals surface area contributed by atoms with Crippen molar-refractivity contribution >= 4 is 23.5 Å². The van der Waals surface area contributed by atoms with Crippen molar-refractivity contribution < 1.29 is 38.5 Å². The highest BCUT2D eigenvalue weighted by Gasteiger charge is 2.64. The second-order valence-electron chi connectivity index (χ2n) is 10.9. The van der Waals surface area contributed by atoms with E-state index in [4.69, 9.17) is 14.2 Å². The smallest absolute Gasteiger partial charge is 0.340 e. The molecule has 3 aliphatic carbocycles. The molecule has 9 nitrogen and oxygen atoms in total. The number of aliphatic hydroxyl groups excluding tert-OH is 1. The average Bonchev–Trinajstić information content (AvgIpc) is 3.27. The summed E-state index contributed by atoms with van der Waals surface area (Å²) in [7, 11) is 1.46. The van der Waals surface area contributed by atoms with Gasteiger partial charge in [-0.3, -0.25) is 14.4 Å². The third-order valence-electron chi connectivity index (χ3n) is 8.57. The van der Waals surface area contributed by atoms with Gasteiger partial charge in [0.25, 0.3) is 0 Å². The number of ketones is 2. The van der Waals surface area contributed by atoms with Crippen LogP contribution in [-0.4, -0.2) is 54.5 Å². The first kappa shape index (κ1) is 35.3. The van der Waals surface area contributed by atoms with Gasteiger partial charge in [-0.05, 0) is 38.3 Å². The second-order valence-corrected chi connectivity index (χ2v) is 10.9. The zero-order valence-electron chi connectivity index (χ0n) is 26.5. The predicted octanol–water partition coefficient (Wildman–Crippen LogP) is 5.20. The van der Waals surface area contributed by atoms with Crippen molar-refractivity contribution in [3.05, 3.63) is 58.2 Å². The number of methoxy groups -OCH3 is 1. The molecule has 0 aromatic heterocycles. The molecule has 0 amide bonds. The van der Waals surface area contributed by atoms with E-state index < -0.39 is 52.4 Å². The molecule has 2 fully saturated rings. The average molecular weight is 596 g/mol. The first-order valence-corrected chi connectivity index (χ1v) is 14.7. The Balaban J connectivity index is 0.00000155. The Kier molecular flexibility index (Phi) is 11.9. The lowest BCUT2D eigenvalue weighted by molar-refractivity contribution is -0.160. The van der Waals surface area contributed by atoms with Gasteiger partial charge in [0, 0.05) is 61.3 Å².